The Morgan fingerprint density at radius 2 is 1.31 bits per heavy atom. The maximum Gasteiger partial charge on any atom is 0.123 e. The van der Waals surface area contributed by atoms with Crippen LogP contribution in [0.1, 0.15) is 46.2 Å². The number of fused-ring (bicyclic) bond motifs is 3. The second-order valence-electron chi connectivity index (χ2n) is 8.76. The lowest BCUT2D eigenvalue weighted by molar-refractivity contribution is -0.922. The SMILES string of the molecule is Cc1ccc(C(O)(c2ccc(C)c(C)c2)[C@@H]2C[NH+]3CCC2CC3)cc1C. The molecule has 2 nitrogen and oxygen atoms in total. The van der Waals surface area contributed by atoms with Crippen molar-refractivity contribution in [3.8, 4) is 0 Å². The van der Waals surface area contributed by atoms with Gasteiger partial charge in [-0.15, -0.1) is 0 Å². The molecule has 0 amide bonds. The van der Waals surface area contributed by atoms with Crippen LogP contribution in [0, 0.1) is 39.5 Å². The van der Waals surface area contributed by atoms with Crippen LogP contribution in [0.15, 0.2) is 36.4 Å². The average molecular weight is 351 g/mol. The van der Waals surface area contributed by atoms with Crippen LogP contribution >= 0.6 is 0 Å². The standard InChI is InChI=1S/C24H31NO/c1-16-5-7-21(13-18(16)3)24(26,22-8-6-17(2)19(4)14-22)23-15-25-11-9-20(23)10-12-25/h5-8,13-14,20,23,26H,9-12,15H2,1-4H3/p+1/t23-/m1/s1. The van der Waals surface area contributed by atoms with Crippen LogP contribution in [0.5, 0.6) is 0 Å². The molecule has 2 heteroatoms. The molecular formula is C24H32NO+. The van der Waals surface area contributed by atoms with Gasteiger partial charge in [-0.05, 0) is 67.0 Å². The largest absolute Gasteiger partial charge is 0.380 e. The van der Waals surface area contributed by atoms with E-state index in [0.29, 0.717) is 11.8 Å². The van der Waals surface area contributed by atoms with E-state index in [1.165, 1.54) is 48.2 Å². The van der Waals surface area contributed by atoms with E-state index in [4.69, 9.17) is 0 Å². The fourth-order valence-corrected chi connectivity index (χ4v) is 5.17. The summed E-state index contributed by atoms with van der Waals surface area (Å²) in [7, 11) is 0. The van der Waals surface area contributed by atoms with E-state index in [9.17, 15) is 5.11 Å². The highest BCUT2D eigenvalue weighted by Gasteiger charge is 2.50. The monoisotopic (exact) mass is 350 g/mol. The number of benzene rings is 2. The predicted molar refractivity (Wildman–Crippen MR) is 107 cm³/mol. The molecular weight excluding hydrogens is 318 g/mol. The molecule has 0 unspecified atom stereocenters. The summed E-state index contributed by atoms with van der Waals surface area (Å²) >= 11 is 0. The number of quaternary nitrogens is 1. The summed E-state index contributed by atoms with van der Waals surface area (Å²) in [5.74, 6) is 0.921. The third kappa shape index (κ3) is 2.80. The van der Waals surface area contributed by atoms with Crippen LogP contribution < -0.4 is 4.90 Å². The minimum absolute atomic E-state index is 0.296. The van der Waals surface area contributed by atoms with Crippen molar-refractivity contribution in [1.82, 2.24) is 0 Å². The lowest BCUT2D eigenvalue weighted by Gasteiger charge is -2.49. The number of hydrogen-bond acceptors (Lipinski definition) is 1. The smallest absolute Gasteiger partial charge is 0.123 e. The Morgan fingerprint density at radius 1 is 0.808 bits per heavy atom. The van der Waals surface area contributed by atoms with Crippen molar-refractivity contribution < 1.29 is 10.0 Å². The van der Waals surface area contributed by atoms with Gasteiger partial charge in [0, 0.05) is 18.8 Å². The van der Waals surface area contributed by atoms with Gasteiger partial charge in [0.2, 0.25) is 0 Å². The minimum Gasteiger partial charge on any atom is -0.380 e. The molecule has 5 rings (SSSR count). The number of piperidine rings is 3. The van der Waals surface area contributed by atoms with Gasteiger partial charge in [0.15, 0.2) is 0 Å². The Bertz CT molecular complexity index is 765. The second-order valence-corrected chi connectivity index (χ2v) is 8.76. The van der Waals surface area contributed by atoms with Crippen LogP contribution in [-0.2, 0) is 5.60 Å². The first-order valence-corrected chi connectivity index (χ1v) is 10.1. The highest BCUT2D eigenvalue weighted by atomic mass is 16.3. The normalized spacial score (nSPS) is 25.5. The van der Waals surface area contributed by atoms with E-state index >= 15 is 0 Å². The zero-order chi connectivity index (χ0) is 18.5. The highest BCUT2D eigenvalue weighted by Crippen LogP contribution is 2.44. The molecule has 3 aliphatic rings. The van der Waals surface area contributed by atoms with Crippen LogP contribution in [-0.4, -0.2) is 24.7 Å². The first-order chi connectivity index (χ1) is 12.4. The molecule has 1 atom stereocenters. The first-order valence-electron chi connectivity index (χ1n) is 10.1. The summed E-state index contributed by atoms with van der Waals surface area (Å²) < 4.78 is 0. The van der Waals surface area contributed by atoms with E-state index in [0.717, 1.165) is 17.7 Å². The fourth-order valence-electron chi connectivity index (χ4n) is 5.17. The van der Waals surface area contributed by atoms with Crippen molar-refractivity contribution >= 4 is 0 Å². The summed E-state index contributed by atoms with van der Waals surface area (Å²) in [4.78, 5) is 1.67. The molecule has 0 aromatic heterocycles. The van der Waals surface area contributed by atoms with Gasteiger partial charge in [-0.3, -0.25) is 0 Å². The molecule has 2 aromatic carbocycles. The van der Waals surface area contributed by atoms with E-state index in [1.807, 2.05) is 0 Å². The van der Waals surface area contributed by atoms with Crippen molar-refractivity contribution in [2.45, 2.75) is 46.1 Å². The van der Waals surface area contributed by atoms with Gasteiger partial charge in [-0.1, -0.05) is 36.4 Å². The van der Waals surface area contributed by atoms with Crippen LogP contribution in [0.2, 0.25) is 0 Å². The molecule has 3 saturated heterocycles. The Labute approximate surface area is 157 Å². The lowest BCUT2D eigenvalue weighted by Crippen LogP contribution is -3.16. The van der Waals surface area contributed by atoms with Gasteiger partial charge in [0.1, 0.15) is 5.60 Å². The molecule has 26 heavy (non-hydrogen) atoms. The van der Waals surface area contributed by atoms with Crippen molar-refractivity contribution in [3.63, 3.8) is 0 Å². The third-order valence-corrected chi connectivity index (χ3v) is 7.25. The summed E-state index contributed by atoms with van der Waals surface area (Å²) in [6.07, 6.45) is 2.50. The van der Waals surface area contributed by atoms with Gasteiger partial charge < -0.3 is 10.0 Å². The highest BCUT2D eigenvalue weighted by molar-refractivity contribution is 5.44. The molecule has 0 aliphatic carbocycles. The maximum atomic E-state index is 12.3. The summed E-state index contributed by atoms with van der Waals surface area (Å²) in [6.45, 7) is 12.2. The number of aryl methyl sites for hydroxylation is 4. The van der Waals surface area contributed by atoms with Crippen LogP contribution in [0.4, 0.5) is 0 Å². The maximum absolute atomic E-state index is 12.3. The molecule has 0 radical (unpaired) electrons. The van der Waals surface area contributed by atoms with Gasteiger partial charge in [-0.2, -0.15) is 0 Å². The molecule has 2 bridgehead atoms. The molecule has 2 N–H and O–H groups in total. The Morgan fingerprint density at radius 3 is 1.69 bits per heavy atom. The summed E-state index contributed by atoms with van der Waals surface area (Å²) in [5, 5.41) is 12.3. The molecule has 3 aliphatic heterocycles. The zero-order valence-corrected chi connectivity index (χ0v) is 16.6. The van der Waals surface area contributed by atoms with Crippen molar-refractivity contribution in [1.29, 1.82) is 0 Å². The van der Waals surface area contributed by atoms with E-state index < -0.39 is 5.60 Å². The van der Waals surface area contributed by atoms with Gasteiger partial charge in [0.25, 0.3) is 0 Å². The fraction of sp³-hybridized carbons (Fsp3) is 0.500. The minimum atomic E-state index is -0.895. The van der Waals surface area contributed by atoms with E-state index in [-0.39, 0.29) is 0 Å². The molecule has 0 saturated carbocycles. The number of rotatable bonds is 3. The van der Waals surface area contributed by atoms with Gasteiger partial charge in [-0.25, -0.2) is 0 Å². The van der Waals surface area contributed by atoms with Crippen molar-refractivity contribution in [3.05, 3.63) is 69.8 Å². The first kappa shape index (κ1) is 17.8. The van der Waals surface area contributed by atoms with Crippen molar-refractivity contribution in [2.75, 3.05) is 19.6 Å². The van der Waals surface area contributed by atoms with Crippen LogP contribution in [0.25, 0.3) is 0 Å². The third-order valence-electron chi connectivity index (χ3n) is 7.25. The topological polar surface area (TPSA) is 24.7 Å². The Hall–Kier alpha value is -1.64. The quantitative estimate of drug-likeness (QED) is 0.874. The van der Waals surface area contributed by atoms with Crippen LogP contribution in [0.3, 0.4) is 0 Å². The lowest BCUT2D eigenvalue weighted by atomic mass is 9.65. The molecule has 3 fully saturated rings. The van der Waals surface area contributed by atoms with Gasteiger partial charge >= 0.3 is 0 Å². The molecule has 3 heterocycles. The number of hydrogen-bond donors (Lipinski definition) is 2. The van der Waals surface area contributed by atoms with E-state index in [1.54, 1.807) is 4.90 Å². The van der Waals surface area contributed by atoms with E-state index in [2.05, 4.69) is 64.1 Å². The second kappa shape index (κ2) is 6.51. The number of aliphatic hydroxyl groups is 1. The summed E-state index contributed by atoms with van der Waals surface area (Å²) in [5.41, 5.74) is 6.35. The molecule has 0 spiro atoms. The molecule has 2 aromatic rings. The predicted octanol–water partition coefficient (Wildman–Crippen LogP) is 3.08. The number of nitrogens with one attached hydrogen (secondary N) is 1. The van der Waals surface area contributed by atoms with Gasteiger partial charge in [0.05, 0.1) is 19.6 Å². The average Bonchev–Trinajstić information content (AvgIpc) is 2.66. The zero-order valence-electron chi connectivity index (χ0n) is 16.6. The Balaban J connectivity index is 1.88. The Kier molecular flexibility index (Phi) is 4.45. The summed E-state index contributed by atoms with van der Waals surface area (Å²) in [6, 6.07) is 13.1. The molecule has 138 valence electrons. The van der Waals surface area contributed by atoms with Crippen molar-refractivity contribution in [2.24, 2.45) is 11.8 Å².